The van der Waals surface area contributed by atoms with Crippen LogP contribution in [0.4, 0.5) is 11.8 Å². The smallest absolute Gasteiger partial charge is 0.225 e. The van der Waals surface area contributed by atoms with E-state index in [1.54, 1.807) is 34.5 Å². The van der Waals surface area contributed by atoms with Crippen LogP contribution < -0.4 is 30.0 Å². The first-order chi connectivity index (χ1) is 15.5. The van der Waals surface area contributed by atoms with E-state index in [0.717, 1.165) is 48.5 Å². The summed E-state index contributed by atoms with van der Waals surface area (Å²) in [6, 6.07) is 9.79. The van der Waals surface area contributed by atoms with Gasteiger partial charge in [-0.3, -0.25) is 4.90 Å². The molecular weight excluding hydrogens is 410 g/mol. The standard InChI is InChI=1S/C23H29N5O4/c1-29-16-7-14(8-17(9-16)30-2)12-28-6-5-15(13-28)25-23-26-19-11-21(32-4)20(31-3)10-18(19)22(24)27-23/h7-11,15H,5-6,12-13H2,1-4H3,(H3,24,25,26,27). The fraction of sp³-hybridized carbons (Fsp3) is 0.391. The molecule has 9 nitrogen and oxygen atoms in total. The van der Waals surface area contributed by atoms with Gasteiger partial charge in [-0.15, -0.1) is 0 Å². The van der Waals surface area contributed by atoms with E-state index in [2.05, 4.69) is 20.2 Å². The van der Waals surface area contributed by atoms with Crippen molar-refractivity contribution < 1.29 is 18.9 Å². The number of nitrogens with two attached hydrogens (primary N) is 1. The summed E-state index contributed by atoms with van der Waals surface area (Å²) in [7, 11) is 6.51. The van der Waals surface area contributed by atoms with E-state index in [1.165, 1.54) is 0 Å². The van der Waals surface area contributed by atoms with Crippen LogP contribution in [0.3, 0.4) is 0 Å². The van der Waals surface area contributed by atoms with Gasteiger partial charge in [-0.25, -0.2) is 4.98 Å². The predicted octanol–water partition coefficient (Wildman–Crippen LogP) is 2.93. The molecule has 32 heavy (non-hydrogen) atoms. The molecule has 0 aliphatic carbocycles. The first kappa shape index (κ1) is 21.8. The number of nitrogens with one attached hydrogen (secondary N) is 1. The molecule has 9 heteroatoms. The van der Waals surface area contributed by atoms with Crippen molar-refractivity contribution >= 4 is 22.7 Å². The van der Waals surface area contributed by atoms with Crippen LogP contribution in [-0.4, -0.2) is 62.4 Å². The Hall–Kier alpha value is -3.46. The first-order valence-electron chi connectivity index (χ1n) is 10.4. The summed E-state index contributed by atoms with van der Waals surface area (Å²) in [5.41, 5.74) is 8.06. The molecule has 4 rings (SSSR count). The van der Waals surface area contributed by atoms with Gasteiger partial charge in [-0.1, -0.05) is 0 Å². The number of fused-ring (bicyclic) bond motifs is 1. The largest absolute Gasteiger partial charge is 0.497 e. The van der Waals surface area contributed by atoms with Crippen LogP contribution in [-0.2, 0) is 6.54 Å². The van der Waals surface area contributed by atoms with E-state index < -0.39 is 0 Å². The van der Waals surface area contributed by atoms with E-state index in [0.29, 0.717) is 28.8 Å². The Labute approximate surface area is 187 Å². The summed E-state index contributed by atoms with van der Waals surface area (Å²) in [6.07, 6.45) is 0.980. The van der Waals surface area contributed by atoms with Gasteiger partial charge < -0.3 is 30.0 Å². The lowest BCUT2D eigenvalue weighted by Gasteiger charge is -2.18. The SMILES string of the molecule is COc1cc(CN2CCC(Nc3nc(N)c4cc(OC)c(OC)cc4n3)C2)cc(OC)c1. The third-order valence-corrected chi connectivity index (χ3v) is 5.65. The fourth-order valence-corrected chi connectivity index (χ4v) is 4.04. The maximum Gasteiger partial charge on any atom is 0.225 e. The molecule has 3 aromatic rings. The average Bonchev–Trinajstić information content (AvgIpc) is 3.24. The van der Waals surface area contributed by atoms with E-state index in [1.807, 2.05) is 24.3 Å². The van der Waals surface area contributed by atoms with Gasteiger partial charge in [0.15, 0.2) is 11.5 Å². The quantitative estimate of drug-likeness (QED) is 0.548. The Balaban J connectivity index is 1.46. The maximum atomic E-state index is 6.21. The molecule has 1 aliphatic heterocycles. The number of nitrogen functional groups attached to an aromatic ring is 1. The molecule has 0 amide bonds. The van der Waals surface area contributed by atoms with Crippen molar-refractivity contribution in [3.8, 4) is 23.0 Å². The third-order valence-electron chi connectivity index (χ3n) is 5.65. The predicted molar refractivity (Wildman–Crippen MR) is 124 cm³/mol. The van der Waals surface area contributed by atoms with Gasteiger partial charge in [0, 0.05) is 43.2 Å². The molecule has 1 aromatic heterocycles. The summed E-state index contributed by atoms with van der Waals surface area (Å²) in [4.78, 5) is 11.5. The zero-order chi connectivity index (χ0) is 22.7. The van der Waals surface area contributed by atoms with E-state index >= 15 is 0 Å². The number of hydrogen-bond donors (Lipinski definition) is 2. The minimum Gasteiger partial charge on any atom is -0.497 e. The number of anilines is 2. The zero-order valence-electron chi connectivity index (χ0n) is 18.8. The van der Waals surface area contributed by atoms with Crippen LogP contribution in [0.1, 0.15) is 12.0 Å². The monoisotopic (exact) mass is 439 g/mol. The number of hydrogen-bond acceptors (Lipinski definition) is 9. The molecule has 2 heterocycles. The highest BCUT2D eigenvalue weighted by atomic mass is 16.5. The average molecular weight is 440 g/mol. The van der Waals surface area contributed by atoms with Crippen molar-refractivity contribution in [1.82, 2.24) is 14.9 Å². The minimum atomic E-state index is 0.222. The van der Waals surface area contributed by atoms with Crippen molar-refractivity contribution in [2.45, 2.75) is 19.0 Å². The Morgan fingerprint density at radius 1 is 0.938 bits per heavy atom. The number of ether oxygens (including phenoxy) is 4. The number of likely N-dealkylation sites (tertiary alicyclic amines) is 1. The second-order valence-electron chi connectivity index (χ2n) is 7.74. The van der Waals surface area contributed by atoms with Crippen molar-refractivity contribution in [2.24, 2.45) is 0 Å². The number of benzene rings is 2. The van der Waals surface area contributed by atoms with Gasteiger partial charge in [0.1, 0.15) is 17.3 Å². The normalized spacial score (nSPS) is 16.2. The first-order valence-corrected chi connectivity index (χ1v) is 10.4. The summed E-state index contributed by atoms with van der Waals surface area (Å²) in [5.74, 6) is 3.69. The lowest BCUT2D eigenvalue weighted by atomic mass is 10.2. The summed E-state index contributed by atoms with van der Waals surface area (Å²) in [5, 5.41) is 4.17. The van der Waals surface area contributed by atoms with Crippen LogP contribution in [0, 0.1) is 0 Å². The lowest BCUT2D eigenvalue weighted by molar-refractivity contribution is 0.326. The highest BCUT2D eigenvalue weighted by molar-refractivity contribution is 5.91. The van der Waals surface area contributed by atoms with E-state index in [9.17, 15) is 0 Å². The highest BCUT2D eigenvalue weighted by Crippen LogP contribution is 2.34. The third kappa shape index (κ3) is 4.57. The number of rotatable bonds is 8. The van der Waals surface area contributed by atoms with Crippen LogP contribution >= 0.6 is 0 Å². The molecule has 1 aliphatic rings. The van der Waals surface area contributed by atoms with Crippen LogP contribution in [0.25, 0.3) is 10.9 Å². The van der Waals surface area contributed by atoms with Crippen molar-refractivity contribution in [2.75, 3.05) is 52.6 Å². The number of methoxy groups -OCH3 is 4. The maximum absolute atomic E-state index is 6.21. The van der Waals surface area contributed by atoms with Gasteiger partial charge in [-0.2, -0.15) is 4.98 Å². The fourth-order valence-electron chi connectivity index (χ4n) is 4.04. The van der Waals surface area contributed by atoms with Crippen LogP contribution in [0.5, 0.6) is 23.0 Å². The Morgan fingerprint density at radius 2 is 1.62 bits per heavy atom. The topological polar surface area (TPSA) is 104 Å². The molecule has 0 bridgehead atoms. The summed E-state index contributed by atoms with van der Waals surface area (Å²) < 4.78 is 21.5. The molecule has 1 fully saturated rings. The van der Waals surface area contributed by atoms with Crippen LogP contribution in [0.2, 0.25) is 0 Å². The number of nitrogens with zero attached hydrogens (tertiary/aromatic N) is 3. The van der Waals surface area contributed by atoms with Gasteiger partial charge >= 0.3 is 0 Å². The Kier molecular flexibility index (Phi) is 6.36. The second-order valence-corrected chi connectivity index (χ2v) is 7.74. The van der Waals surface area contributed by atoms with Gasteiger partial charge in [0.2, 0.25) is 5.95 Å². The minimum absolute atomic E-state index is 0.222. The Morgan fingerprint density at radius 3 is 2.28 bits per heavy atom. The molecule has 0 saturated carbocycles. The van der Waals surface area contributed by atoms with Gasteiger partial charge in [0.05, 0.1) is 34.0 Å². The second kappa shape index (κ2) is 9.35. The van der Waals surface area contributed by atoms with Crippen molar-refractivity contribution in [3.63, 3.8) is 0 Å². The molecule has 170 valence electrons. The van der Waals surface area contributed by atoms with Crippen molar-refractivity contribution in [1.29, 1.82) is 0 Å². The summed E-state index contributed by atoms with van der Waals surface area (Å²) >= 11 is 0. The van der Waals surface area contributed by atoms with Gasteiger partial charge in [0.25, 0.3) is 0 Å². The lowest BCUT2D eigenvalue weighted by Crippen LogP contribution is -2.26. The molecule has 0 radical (unpaired) electrons. The van der Waals surface area contributed by atoms with E-state index in [-0.39, 0.29) is 6.04 Å². The van der Waals surface area contributed by atoms with Crippen LogP contribution in [0.15, 0.2) is 30.3 Å². The summed E-state index contributed by atoms with van der Waals surface area (Å²) in [6.45, 7) is 2.64. The number of aromatic nitrogens is 2. The molecule has 2 aromatic carbocycles. The van der Waals surface area contributed by atoms with Gasteiger partial charge in [-0.05, 0) is 30.2 Å². The molecule has 1 atom stereocenters. The van der Waals surface area contributed by atoms with E-state index in [4.69, 9.17) is 24.7 Å². The molecule has 3 N–H and O–H groups in total. The van der Waals surface area contributed by atoms with Crippen molar-refractivity contribution in [3.05, 3.63) is 35.9 Å². The zero-order valence-corrected chi connectivity index (χ0v) is 18.8. The molecule has 1 unspecified atom stereocenters. The molecule has 0 spiro atoms. The molecule has 1 saturated heterocycles. The molecular formula is C23H29N5O4. The highest BCUT2D eigenvalue weighted by Gasteiger charge is 2.24. The Bertz CT molecular complexity index is 1090.